The van der Waals surface area contributed by atoms with Gasteiger partial charge in [-0.3, -0.25) is 0 Å². The summed E-state index contributed by atoms with van der Waals surface area (Å²) in [5, 5.41) is 9.14. The van der Waals surface area contributed by atoms with Gasteiger partial charge >= 0.3 is 0 Å². The van der Waals surface area contributed by atoms with Gasteiger partial charge in [0.25, 0.3) is 0 Å². The van der Waals surface area contributed by atoms with Crippen LogP contribution >= 0.6 is 11.3 Å². The van der Waals surface area contributed by atoms with Crippen molar-refractivity contribution in [3.8, 4) is 22.5 Å². The molecule has 0 fully saturated rings. The monoisotopic (exact) mass is 836 g/mol. The molecule has 0 bridgehead atoms. The van der Waals surface area contributed by atoms with Gasteiger partial charge in [0.1, 0.15) is 0 Å². The van der Waals surface area contributed by atoms with Gasteiger partial charge in [0.15, 0.2) is 0 Å². The van der Waals surface area contributed by atoms with Gasteiger partial charge in [0.2, 0.25) is 0 Å². The fourth-order valence-electron chi connectivity index (χ4n) is 6.15. The van der Waals surface area contributed by atoms with Crippen molar-refractivity contribution >= 4 is 66.3 Å². The summed E-state index contributed by atoms with van der Waals surface area (Å²) < 4.78 is 11.0. The van der Waals surface area contributed by atoms with Crippen molar-refractivity contribution < 1.29 is 21.5 Å². The molecule has 0 N–H and O–H groups in total. The number of nitrogens with zero attached hydrogens (tertiary/aromatic N) is 2. The number of rotatable bonds is 4. The molecule has 5 heteroatoms. The zero-order chi connectivity index (χ0) is 33.6. The first kappa shape index (κ1) is 32.5. The second-order valence-electron chi connectivity index (χ2n) is 13.4. The minimum absolute atomic E-state index is 0. The molecule has 2 nitrogen and oxygen atoms in total. The minimum Gasteiger partial charge on any atom is -0.305 e. The van der Waals surface area contributed by atoms with E-state index in [-0.39, 0.29) is 20.1 Å². The standard InChI is InChI=1S/C29H22NS.C14H16NSi.Ir/c1-17(2)19-13-14-30-26(16-19)23-9-6-10-24-27-21-8-5-4-7-20(21)25-15-18(3)11-12-22(25)29(27)31-28(23)24;1-16(2,3)13-9-10-14(15-11-13)12-7-5-4-6-8-12;/h4-8,10-17H,1-3H3;4-7,9-11H,1-3H3;/q2*-1;/i17D;;. The van der Waals surface area contributed by atoms with Crippen molar-refractivity contribution in [1.29, 1.82) is 0 Å². The summed E-state index contributed by atoms with van der Waals surface area (Å²) >= 11 is 1.83. The van der Waals surface area contributed by atoms with Crippen molar-refractivity contribution in [3.05, 3.63) is 139 Å². The van der Waals surface area contributed by atoms with Crippen molar-refractivity contribution in [2.45, 2.75) is 46.3 Å². The summed E-state index contributed by atoms with van der Waals surface area (Å²) in [7, 11) is -1.23. The largest absolute Gasteiger partial charge is 0.305 e. The molecule has 8 aromatic rings. The van der Waals surface area contributed by atoms with E-state index in [1.54, 1.807) is 0 Å². The van der Waals surface area contributed by atoms with E-state index in [1.807, 2.05) is 80.0 Å². The predicted molar refractivity (Wildman–Crippen MR) is 207 cm³/mol. The fourth-order valence-corrected chi connectivity index (χ4v) is 8.55. The number of hydrogen-bond acceptors (Lipinski definition) is 3. The van der Waals surface area contributed by atoms with Crippen LogP contribution in [0, 0.1) is 19.1 Å². The maximum Gasteiger partial charge on any atom is 0.0795 e. The molecule has 0 saturated carbocycles. The van der Waals surface area contributed by atoms with E-state index in [0.717, 1.165) is 28.1 Å². The topological polar surface area (TPSA) is 25.8 Å². The maximum atomic E-state index is 8.45. The van der Waals surface area contributed by atoms with Gasteiger partial charge < -0.3 is 9.97 Å². The van der Waals surface area contributed by atoms with E-state index < -0.39 is 14.0 Å². The van der Waals surface area contributed by atoms with E-state index in [2.05, 4.69) is 109 Å². The molecule has 0 spiro atoms. The Labute approximate surface area is 303 Å². The van der Waals surface area contributed by atoms with Crippen LogP contribution in [0.3, 0.4) is 0 Å². The molecule has 0 aliphatic carbocycles. The van der Waals surface area contributed by atoms with Crippen molar-refractivity contribution in [2.24, 2.45) is 0 Å². The Morgan fingerprint density at radius 2 is 1.50 bits per heavy atom. The second-order valence-corrected chi connectivity index (χ2v) is 19.5. The molecule has 0 saturated heterocycles. The van der Waals surface area contributed by atoms with Crippen LogP contribution in [0.4, 0.5) is 0 Å². The van der Waals surface area contributed by atoms with E-state index in [4.69, 9.17) is 1.37 Å². The van der Waals surface area contributed by atoms with E-state index in [0.29, 0.717) is 0 Å². The van der Waals surface area contributed by atoms with E-state index in [9.17, 15) is 0 Å². The number of pyridine rings is 2. The van der Waals surface area contributed by atoms with Gasteiger partial charge in [-0.1, -0.05) is 111 Å². The van der Waals surface area contributed by atoms with Gasteiger partial charge in [0, 0.05) is 38.6 Å². The molecule has 1 radical (unpaired) electrons. The first-order chi connectivity index (χ1) is 23.0. The quantitative estimate of drug-likeness (QED) is 0.100. The van der Waals surface area contributed by atoms with Crippen LogP contribution < -0.4 is 5.19 Å². The number of thiophene rings is 1. The average molecular weight is 836 g/mol. The van der Waals surface area contributed by atoms with Gasteiger partial charge in [-0.05, 0) is 67.1 Å². The Balaban J connectivity index is 0.000000208. The molecule has 0 atom stereocenters. The molecule has 0 aliphatic heterocycles. The van der Waals surface area contributed by atoms with Gasteiger partial charge in [-0.2, -0.15) is 11.3 Å². The number of fused-ring (bicyclic) bond motifs is 8. The summed E-state index contributed by atoms with van der Waals surface area (Å²) in [6.07, 6.45) is 3.83. The Bertz CT molecular complexity index is 2430. The van der Waals surface area contributed by atoms with Crippen molar-refractivity contribution in [1.82, 2.24) is 9.97 Å². The minimum atomic E-state index is -1.23. The molecule has 0 amide bonds. The van der Waals surface area contributed by atoms with Gasteiger partial charge in [0.05, 0.1) is 8.07 Å². The molecule has 0 unspecified atom stereocenters. The molecule has 0 aliphatic rings. The molecule has 3 aromatic heterocycles. The third-order valence-electron chi connectivity index (χ3n) is 8.76. The SMILES string of the molecule is C[Si](C)(C)c1ccc(-c2[c-]cccc2)nc1.[2H]C(C)(C)c1ccnc(-c2[c-]ccc3c2sc2c4ccc(C)cc4c4ccccc4c32)c1.[Ir]. The summed E-state index contributed by atoms with van der Waals surface area (Å²) in [5.74, 6) is -0.671. The van der Waals surface area contributed by atoms with Gasteiger partial charge in [-0.25, -0.2) is 0 Å². The van der Waals surface area contributed by atoms with Crippen LogP contribution in [0.5, 0.6) is 0 Å². The average Bonchev–Trinajstić information content (AvgIpc) is 3.49. The van der Waals surface area contributed by atoms with Crippen LogP contribution in [0.2, 0.25) is 19.6 Å². The predicted octanol–water partition coefficient (Wildman–Crippen LogP) is 11.7. The Morgan fingerprint density at radius 1 is 0.708 bits per heavy atom. The van der Waals surface area contributed by atoms with Gasteiger partial charge in [-0.15, -0.1) is 59.7 Å². The number of aryl methyl sites for hydroxylation is 1. The van der Waals surface area contributed by atoms with Crippen LogP contribution in [0.15, 0.2) is 116 Å². The van der Waals surface area contributed by atoms with Crippen molar-refractivity contribution in [3.63, 3.8) is 0 Å². The number of aromatic nitrogens is 2. The second kappa shape index (κ2) is 13.9. The molecular formula is C43H38IrN2SSi-2. The summed E-state index contributed by atoms with van der Waals surface area (Å²) in [4.78, 5) is 9.19. The summed E-state index contributed by atoms with van der Waals surface area (Å²) in [5.41, 5.74) is 6.19. The molecule has 3 heterocycles. The Morgan fingerprint density at radius 3 is 2.21 bits per heavy atom. The zero-order valence-electron chi connectivity index (χ0n) is 29.1. The fraction of sp³-hybridized carbons (Fsp3) is 0.163. The van der Waals surface area contributed by atoms with Crippen LogP contribution in [-0.4, -0.2) is 18.0 Å². The summed E-state index contributed by atoms with van der Waals surface area (Å²) in [6.45, 7) is 13.0. The number of benzene rings is 5. The number of hydrogen-bond donors (Lipinski definition) is 0. The Kier molecular flexibility index (Phi) is 9.40. The van der Waals surface area contributed by atoms with E-state index in [1.165, 1.54) is 52.5 Å². The smallest absolute Gasteiger partial charge is 0.0795 e. The molecule has 241 valence electrons. The maximum absolute atomic E-state index is 8.45. The van der Waals surface area contributed by atoms with Crippen LogP contribution in [0.25, 0.3) is 64.2 Å². The normalized spacial score (nSPS) is 12.1. The van der Waals surface area contributed by atoms with E-state index >= 15 is 0 Å². The molecule has 48 heavy (non-hydrogen) atoms. The molecule has 5 aromatic carbocycles. The third kappa shape index (κ3) is 6.53. The molecular weight excluding hydrogens is 797 g/mol. The van der Waals surface area contributed by atoms with Crippen LogP contribution in [0.1, 0.15) is 32.2 Å². The van der Waals surface area contributed by atoms with Crippen LogP contribution in [-0.2, 0) is 20.1 Å². The molecule has 8 rings (SSSR count). The first-order valence-electron chi connectivity index (χ1n) is 16.6. The Hall–Kier alpha value is -3.99. The van der Waals surface area contributed by atoms with Crippen molar-refractivity contribution in [2.75, 3.05) is 0 Å². The zero-order valence-corrected chi connectivity index (χ0v) is 32.3. The summed E-state index contributed by atoms with van der Waals surface area (Å²) in [6, 6.07) is 42.6. The third-order valence-corrected chi connectivity index (χ3v) is 12.0. The first-order valence-corrected chi connectivity index (χ1v) is 20.4.